The number of hydrogen-bond donors (Lipinski definition) is 0. The standard InChI is InChI=1S/C16H21F3N2O3/c1-2-9-24-12-5-3-7-20(10-12)14(22)11-21-8-4-6-13(15(21)23)16(17,18)19/h4,6,8,12H,2-3,5,7,9-11H2,1H3. The molecule has 0 saturated carbocycles. The van der Waals surface area contributed by atoms with Gasteiger partial charge in [-0.15, -0.1) is 0 Å². The lowest BCUT2D eigenvalue weighted by Gasteiger charge is -2.32. The van der Waals surface area contributed by atoms with Crippen LogP contribution in [0.3, 0.4) is 0 Å². The third-order valence-corrected chi connectivity index (χ3v) is 3.92. The topological polar surface area (TPSA) is 51.5 Å². The van der Waals surface area contributed by atoms with E-state index in [-0.39, 0.29) is 12.0 Å². The highest BCUT2D eigenvalue weighted by molar-refractivity contribution is 5.76. The van der Waals surface area contributed by atoms with Crippen LogP contribution >= 0.6 is 0 Å². The van der Waals surface area contributed by atoms with Crippen LogP contribution in [-0.4, -0.2) is 41.2 Å². The first-order chi connectivity index (χ1) is 11.3. The molecule has 1 fully saturated rings. The fourth-order valence-electron chi connectivity index (χ4n) is 2.71. The fraction of sp³-hybridized carbons (Fsp3) is 0.625. The molecule has 1 aliphatic heterocycles. The molecular weight excluding hydrogens is 325 g/mol. The van der Waals surface area contributed by atoms with Crippen molar-refractivity contribution in [3.63, 3.8) is 0 Å². The predicted octanol–water partition coefficient (Wildman–Crippen LogP) is 2.28. The minimum atomic E-state index is -4.73. The summed E-state index contributed by atoms with van der Waals surface area (Å²) >= 11 is 0. The lowest BCUT2D eigenvalue weighted by atomic mass is 10.1. The molecular formula is C16H21F3N2O3. The van der Waals surface area contributed by atoms with Crippen LogP contribution in [0.1, 0.15) is 31.7 Å². The number of nitrogens with zero attached hydrogens (tertiary/aromatic N) is 2. The zero-order valence-corrected chi connectivity index (χ0v) is 13.5. The predicted molar refractivity (Wildman–Crippen MR) is 81.5 cm³/mol. The summed E-state index contributed by atoms with van der Waals surface area (Å²) < 4.78 is 44.7. The van der Waals surface area contributed by atoms with Crippen molar-refractivity contribution in [3.05, 3.63) is 34.2 Å². The quantitative estimate of drug-likeness (QED) is 0.822. The van der Waals surface area contributed by atoms with Crippen molar-refractivity contribution in [1.29, 1.82) is 0 Å². The maximum absolute atomic E-state index is 12.8. The molecule has 0 bridgehead atoms. The Balaban J connectivity index is 2.06. The molecule has 0 spiro atoms. The molecule has 0 radical (unpaired) electrons. The highest BCUT2D eigenvalue weighted by Crippen LogP contribution is 2.26. The Morgan fingerprint density at radius 2 is 2.17 bits per heavy atom. The van der Waals surface area contributed by atoms with E-state index in [0.717, 1.165) is 36.0 Å². The Morgan fingerprint density at radius 1 is 1.42 bits per heavy atom. The van der Waals surface area contributed by atoms with Crippen LogP contribution < -0.4 is 5.56 Å². The van der Waals surface area contributed by atoms with Crippen molar-refractivity contribution in [2.75, 3.05) is 19.7 Å². The minimum Gasteiger partial charge on any atom is -0.376 e. The fourth-order valence-corrected chi connectivity index (χ4v) is 2.71. The van der Waals surface area contributed by atoms with E-state index in [1.807, 2.05) is 6.92 Å². The van der Waals surface area contributed by atoms with Crippen LogP contribution in [-0.2, 0) is 22.3 Å². The molecule has 1 aliphatic rings. The van der Waals surface area contributed by atoms with Gasteiger partial charge in [-0.25, -0.2) is 0 Å². The van der Waals surface area contributed by atoms with Crippen LogP contribution in [0.15, 0.2) is 23.1 Å². The Hall–Kier alpha value is -1.83. The molecule has 1 aromatic rings. The first-order valence-corrected chi connectivity index (χ1v) is 7.99. The number of aromatic nitrogens is 1. The molecule has 1 unspecified atom stereocenters. The second-order valence-corrected chi connectivity index (χ2v) is 5.83. The molecule has 8 heteroatoms. The zero-order valence-electron chi connectivity index (χ0n) is 13.5. The number of carbonyl (C=O) groups excluding carboxylic acids is 1. The van der Waals surface area contributed by atoms with Crippen LogP contribution in [0, 0.1) is 0 Å². The minimum absolute atomic E-state index is 0.0547. The number of amides is 1. The number of piperidine rings is 1. The van der Waals surface area contributed by atoms with Gasteiger partial charge in [0.05, 0.1) is 6.10 Å². The number of likely N-dealkylation sites (tertiary alicyclic amines) is 1. The van der Waals surface area contributed by atoms with E-state index in [9.17, 15) is 22.8 Å². The molecule has 2 rings (SSSR count). The Kier molecular flexibility index (Phi) is 6.04. The Morgan fingerprint density at radius 3 is 2.83 bits per heavy atom. The summed E-state index contributed by atoms with van der Waals surface area (Å²) in [6.45, 7) is 3.14. The highest BCUT2D eigenvalue weighted by atomic mass is 19.4. The Labute approximate surface area is 138 Å². The third kappa shape index (κ3) is 4.59. The van der Waals surface area contributed by atoms with Gasteiger partial charge in [-0.3, -0.25) is 9.59 Å². The van der Waals surface area contributed by atoms with Gasteiger partial charge in [-0.1, -0.05) is 6.92 Å². The van der Waals surface area contributed by atoms with E-state index in [4.69, 9.17) is 4.74 Å². The summed E-state index contributed by atoms with van der Waals surface area (Å²) in [6, 6.07) is 1.85. The van der Waals surface area contributed by atoms with E-state index in [1.54, 1.807) is 4.90 Å². The molecule has 24 heavy (non-hydrogen) atoms. The highest BCUT2D eigenvalue weighted by Gasteiger charge is 2.34. The van der Waals surface area contributed by atoms with E-state index in [2.05, 4.69) is 0 Å². The molecule has 0 aliphatic carbocycles. The molecule has 0 aromatic carbocycles. The van der Waals surface area contributed by atoms with Gasteiger partial charge in [0.25, 0.3) is 5.56 Å². The maximum atomic E-state index is 12.8. The average molecular weight is 346 g/mol. The molecule has 134 valence electrons. The van der Waals surface area contributed by atoms with Crippen molar-refractivity contribution < 1.29 is 22.7 Å². The molecule has 0 N–H and O–H groups in total. The molecule has 5 nitrogen and oxygen atoms in total. The van der Waals surface area contributed by atoms with E-state index < -0.39 is 23.8 Å². The number of pyridine rings is 1. The van der Waals surface area contributed by atoms with Gasteiger partial charge < -0.3 is 14.2 Å². The van der Waals surface area contributed by atoms with E-state index in [0.29, 0.717) is 19.7 Å². The van der Waals surface area contributed by atoms with Crippen LogP contribution in [0.25, 0.3) is 0 Å². The van der Waals surface area contributed by atoms with Crippen molar-refractivity contribution >= 4 is 5.91 Å². The van der Waals surface area contributed by atoms with Crippen LogP contribution in [0.4, 0.5) is 13.2 Å². The molecule has 1 aromatic heterocycles. The van der Waals surface area contributed by atoms with Crippen LogP contribution in [0.2, 0.25) is 0 Å². The average Bonchev–Trinajstić information content (AvgIpc) is 2.54. The van der Waals surface area contributed by atoms with Gasteiger partial charge in [0.1, 0.15) is 12.1 Å². The largest absolute Gasteiger partial charge is 0.421 e. The molecule has 2 heterocycles. The maximum Gasteiger partial charge on any atom is 0.421 e. The number of carbonyl (C=O) groups is 1. The van der Waals surface area contributed by atoms with Crippen molar-refractivity contribution in [2.45, 2.75) is 45.0 Å². The number of hydrogen-bond acceptors (Lipinski definition) is 3. The van der Waals surface area contributed by atoms with Crippen molar-refractivity contribution in [3.8, 4) is 0 Å². The number of halogens is 3. The molecule has 1 amide bonds. The Bertz CT molecular complexity index is 628. The van der Waals surface area contributed by atoms with E-state index >= 15 is 0 Å². The smallest absolute Gasteiger partial charge is 0.376 e. The second kappa shape index (κ2) is 7.83. The number of alkyl halides is 3. The summed E-state index contributed by atoms with van der Waals surface area (Å²) in [5.41, 5.74) is -2.46. The van der Waals surface area contributed by atoms with E-state index in [1.165, 1.54) is 6.20 Å². The normalized spacial score (nSPS) is 18.7. The number of rotatable bonds is 5. The van der Waals surface area contributed by atoms with Gasteiger partial charge in [-0.05, 0) is 31.4 Å². The molecule has 1 atom stereocenters. The summed E-state index contributed by atoms with van der Waals surface area (Å²) in [7, 11) is 0. The van der Waals surface area contributed by atoms with Gasteiger partial charge in [0.2, 0.25) is 5.91 Å². The third-order valence-electron chi connectivity index (χ3n) is 3.92. The van der Waals surface area contributed by atoms with Gasteiger partial charge in [-0.2, -0.15) is 13.2 Å². The SMILES string of the molecule is CCCOC1CCCN(C(=O)Cn2cccc(C(F)(F)F)c2=O)C1. The molecule has 1 saturated heterocycles. The van der Waals surface area contributed by atoms with Crippen molar-refractivity contribution in [1.82, 2.24) is 9.47 Å². The second-order valence-electron chi connectivity index (χ2n) is 5.83. The monoisotopic (exact) mass is 346 g/mol. The summed E-state index contributed by atoms with van der Waals surface area (Å²) in [5, 5.41) is 0. The van der Waals surface area contributed by atoms with Gasteiger partial charge in [0, 0.05) is 25.9 Å². The van der Waals surface area contributed by atoms with Crippen LogP contribution in [0.5, 0.6) is 0 Å². The van der Waals surface area contributed by atoms with Crippen molar-refractivity contribution in [2.24, 2.45) is 0 Å². The van der Waals surface area contributed by atoms with Gasteiger partial charge >= 0.3 is 6.18 Å². The summed E-state index contributed by atoms with van der Waals surface area (Å²) in [4.78, 5) is 25.8. The first-order valence-electron chi connectivity index (χ1n) is 7.99. The van der Waals surface area contributed by atoms with Gasteiger partial charge in [0.15, 0.2) is 0 Å². The lowest BCUT2D eigenvalue weighted by Crippen LogP contribution is -2.45. The lowest BCUT2D eigenvalue weighted by molar-refractivity contribution is -0.140. The first kappa shape index (κ1) is 18.5. The number of ether oxygens (including phenoxy) is 1. The summed E-state index contributed by atoms with van der Waals surface area (Å²) in [5.74, 6) is -0.374. The zero-order chi connectivity index (χ0) is 17.7. The summed E-state index contributed by atoms with van der Waals surface area (Å²) in [6.07, 6.45) is -1.08.